The number of esters is 1. The maximum atomic E-state index is 11.0. The molecule has 0 N–H and O–H groups in total. The number of ether oxygens (including phenoxy) is 1. The molecule has 0 bridgehead atoms. The van der Waals surface area contributed by atoms with Gasteiger partial charge in [-0.1, -0.05) is 0 Å². The maximum Gasteiger partial charge on any atom is 0.309 e. The van der Waals surface area contributed by atoms with Crippen molar-refractivity contribution in [3.63, 3.8) is 0 Å². The first-order valence-electron chi connectivity index (χ1n) is 4.04. The van der Waals surface area contributed by atoms with E-state index in [0.717, 1.165) is 12.8 Å². The van der Waals surface area contributed by atoms with E-state index in [9.17, 15) is 4.79 Å². The molecule has 1 saturated carbocycles. The highest BCUT2D eigenvalue weighted by Crippen LogP contribution is 2.44. The Kier molecular flexibility index (Phi) is 1.40. The fourth-order valence-corrected chi connectivity index (χ4v) is 1.64. The summed E-state index contributed by atoms with van der Waals surface area (Å²) >= 11 is 0. The number of hydrogen-bond acceptors (Lipinski definition) is 2. The molecule has 0 spiro atoms. The van der Waals surface area contributed by atoms with Crippen molar-refractivity contribution < 1.29 is 9.53 Å². The maximum absolute atomic E-state index is 11.0. The molecule has 2 unspecified atom stereocenters. The molecule has 0 aromatic heterocycles. The lowest BCUT2D eigenvalue weighted by Crippen LogP contribution is -2.11. The highest BCUT2D eigenvalue weighted by molar-refractivity contribution is 5.75. The van der Waals surface area contributed by atoms with Crippen LogP contribution in [0.15, 0.2) is 0 Å². The predicted octanol–water partition coefficient (Wildman–Crippen LogP) is 1.35. The molecule has 1 aliphatic carbocycles. The standard InChI is InChI=1S/C8H12O2/c9-8-7-5-6(7)3-1-2-4-10-8/h6-7H,1-5H2. The van der Waals surface area contributed by atoms with Crippen LogP contribution in [0.3, 0.4) is 0 Å². The number of fused-ring (bicyclic) bond motifs is 1. The second-order valence-corrected chi connectivity index (χ2v) is 3.27. The number of hydrogen-bond donors (Lipinski definition) is 0. The van der Waals surface area contributed by atoms with Crippen molar-refractivity contribution in [2.75, 3.05) is 6.61 Å². The van der Waals surface area contributed by atoms with E-state index < -0.39 is 0 Å². The van der Waals surface area contributed by atoms with Crippen LogP contribution >= 0.6 is 0 Å². The molecule has 10 heavy (non-hydrogen) atoms. The van der Waals surface area contributed by atoms with Crippen molar-refractivity contribution >= 4 is 5.97 Å². The van der Waals surface area contributed by atoms with E-state index in [2.05, 4.69) is 0 Å². The van der Waals surface area contributed by atoms with Gasteiger partial charge in [0.2, 0.25) is 0 Å². The summed E-state index contributed by atoms with van der Waals surface area (Å²) in [6, 6.07) is 0. The summed E-state index contributed by atoms with van der Waals surface area (Å²) in [5.41, 5.74) is 0. The van der Waals surface area contributed by atoms with Gasteiger partial charge in [-0.3, -0.25) is 4.79 Å². The van der Waals surface area contributed by atoms with E-state index in [1.54, 1.807) is 0 Å². The molecule has 2 fully saturated rings. The van der Waals surface area contributed by atoms with Crippen molar-refractivity contribution in [2.45, 2.75) is 25.7 Å². The molecule has 2 rings (SSSR count). The molecule has 1 saturated heterocycles. The molecule has 1 heterocycles. The minimum Gasteiger partial charge on any atom is -0.465 e. The topological polar surface area (TPSA) is 26.3 Å². The summed E-state index contributed by atoms with van der Waals surface area (Å²) in [6.07, 6.45) is 4.65. The average molecular weight is 140 g/mol. The highest BCUT2D eigenvalue weighted by Gasteiger charge is 2.44. The number of carbonyl (C=O) groups excluding carboxylic acids is 1. The Labute approximate surface area is 60.6 Å². The smallest absolute Gasteiger partial charge is 0.309 e. The van der Waals surface area contributed by atoms with Crippen molar-refractivity contribution in [3.05, 3.63) is 0 Å². The Hall–Kier alpha value is -0.530. The van der Waals surface area contributed by atoms with Crippen LogP contribution in [-0.2, 0) is 9.53 Å². The Bertz CT molecular complexity index is 153. The Morgan fingerprint density at radius 1 is 1.40 bits per heavy atom. The SMILES string of the molecule is O=C1OCCCCC2CC12. The summed E-state index contributed by atoms with van der Waals surface area (Å²) in [6.45, 7) is 0.655. The molecule has 2 heteroatoms. The number of cyclic esters (lactones) is 1. The van der Waals surface area contributed by atoms with Gasteiger partial charge in [-0.05, 0) is 31.6 Å². The van der Waals surface area contributed by atoms with Gasteiger partial charge in [-0.2, -0.15) is 0 Å². The molecular formula is C8H12O2. The zero-order chi connectivity index (χ0) is 6.97. The van der Waals surface area contributed by atoms with Crippen LogP contribution in [0.1, 0.15) is 25.7 Å². The fraction of sp³-hybridized carbons (Fsp3) is 0.875. The van der Waals surface area contributed by atoms with Gasteiger partial charge < -0.3 is 4.74 Å². The largest absolute Gasteiger partial charge is 0.465 e. The second-order valence-electron chi connectivity index (χ2n) is 3.27. The van der Waals surface area contributed by atoms with Crippen molar-refractivity contribution in [1.29, 1.82) is 0 Å². The lowest BCUT2D eigenvalue weighted by Gasteiger charge is -2.07. The summed E-state index contributed by atoms with van der Waals surface area (Å²) in [7, 11) is 0. The van der Waals surface area contributed by atoms with Crippen LogP contribution in [-0.4, -0.2) is 12.6 Å². The molecule has 2 atom stereocenters. The van der Waals surface area contributed by atoms with Crippen LogP contribution in [0.4, 0.5) is 0 Å². The number of rotatable bonds is 0. The van der Waals surface area contributed by atoms with Crippen LogP contribution in [0, 0.1) is 11.8 Å². The lowest BCUT2D eigenvalue weighted by atomic mass is 10.1. The van der Waals surface area contributed by atoms with E-state index in [0.29, 0.717) is 18.4 Å². The monoisotopic (exact) mass is 140 g/mol. The van der Waals surface area contributed by atoms with E-state index in [1.807, 2.05) is 0 Å². The van der Waals surface area contributed by atoms with Gasteiger partial charge in [0.1, 0.15) is 0 Å². The number of carbonyl (C=O) groups is 1. The summed E-state index contributed by atoms with van der Waals surface area (Å²) < 4.78 is 5.00. The minimum absolute atomic E-state index is 0.0599. The minimum atomic E-state index is 0.0599. The third-order valence-electron chi connectivity index (χ3n) is 2.44. The Morgan fingerprint density at radius 3 is 3.20 bits per heavy atom. The molecule has 1 aliphatic heterocycles. The van der Waals surface area contributed by atoms with Crippen LogP contribution in [0.25, 0.3) is 0 Å². The van der Waals surface area contributed by atoms with E-state index in [1.165, 1.54) is 12.8 Å². The van der Waals surface area contributed by atoms with Gasteiger partial charge in [0.05, 0.1) is 12.5 Å². The first-order chi connectivity index (χ1) is 4.88. The molecule has 0 aromatic carbocycles. The predicted molar refractivity (Wildman–Crippen MR) is 36.4 cm³/mol. The van der Waals surface area contributed by atoms with Gasteiger partial charge in [-0.15, -0.1) is 0 Å². The third-order valence-corrected chi connectivity index (χ3v) is 2.44. The quantitative estimate of drug-likeness (QED) is 0.475. The van der Waals surface area contributed by atoms with E-state index in [-0.39, 0.29) is 5.97 Å². The molecule has 0 aromatic rings. The van der Waals surface area contributed by atoms with Gasteiger partial charge in [0.25, 0.3) is 0 Å². The first kappa shape index (κ1) is 6.20. The zero-order valence-electron chi connectivity index (χ0n) is 6.01. The molecule has 2 aliphatic rings. The lowest BCUT2D eigenvalue weighted by molar-refractivity contribution is -0.146. The Balaban J connectivity index is 1.94. The summed E-state index contributed by atoms with van der Waals surface area (Å²) in [4.78, 5) is 11.0. The summed E-state index contributed by atoms with van der Waals surface area (Å²) in [5, 5.41) is 0. The van der Waals surface area contributed by atoms with Crippen molar-refractivity contribution in [1.82, 2.24) is 0 Å². The van der Waals surface area contributed by atoms with Gasteiger partial charge in [0, 0.05) is 0 Å². The van der Waals surface area contributed by atoms with E-state index >= 15 is 0 Å². The zero-order valence-corrected chi connectivity index (χ0v) is 6.01. The molecule has 2 nitrogen and oxygen atoms in total. The van der Waals surface area contributed by atoms with Gasteiger partial charge >= 0.3 is 5.97 Å². The van der Waals surface area contributed by atoms with E-state index in [4.69, 9.17) is 4.74 Å². The summed E-state index contributed by atoms with van der Waals surface area (Å²) in [5.74, 6) is 1.04. The average Bonchev–Trinajstić information content (AvgIpc) is 2.62. The molecular weight excluding hydrogens is 128 g/mol. The molecule has 0 radical (unpaired) electrons. The first-order valence-corrected chi connectivity index (χ1v) is 4.04. The fourth-order valence-electron chi connectivity index (χ4n) is 1.64. The molecule has 56 valence electrons. The van der Waals surface area contributed by atoms with Crippen LogP contribution < -0.4 is 0 Å². The Morgan fingerprint density at radius 2 is 2.30 bits per heavy atom. The van der Waals surface area contributed by atoms with Crippen LogP contribution in [0.5, 0.6) is 0 Å². The van der Waals surface area contributed by atoms with Gasteiger partial charge in [-0.25, -0.2) is 0 Å². The normalized spacial score (nSPS) is 39.0. The highest BCUT2D eigenvalue weighted by atomic mass is 16.5. The van der Waals surface area contributed by atoms with Crippen molar-refractivity contribution in [2.24, 2.45) is 11.8 Å². The third kappa shape index (κ3) is 1.02. The van der Waals surface area contributed by atoms with Gasteiger partial charge in [0.15, 0.2) is 0 Å². The molecule has 0 amide bonds. The van der Waals surface area contributed by atoms with Crippen LogP contribution in [0.2, 0.25) is 0 Å². The van der Waals surface area contributed by atoms with Crippen molar-refractivity contribution in [3.8, 4) is 0 Å². The second kappa shape index (κ2) is 2.26.